The molecule has 0 aliphatic heterocycles. The van der Waals surface area contributed by atoms with E-state index in [9.17, 15) is 8.96 Å². The van der Waals surface area contributed by atoms with Gasteiger partial charge in [-0.2, -0.15) is 0 Å². The Kier molecular flexibility index (Phi) is 7.52. The molecule has 2 nitrogen and oxygen atoms in total. The van der Waals surface area contributed by atoms with Crippen molar-refractivity contribution in [1.82, 2.24) is 0 Å². The van der Waals surface area contributed by atoms with Crippen LogP contribution in [0.1, 0.15) is 32.8 Å². The first-order valence-electron chi connectivity index (χ1n) is 6.31. The first kappa shape index (κ1) is 17.1. The fourth-order valence-corrected chi connectivity index (χ4v) is 9.18. The Balaban J connectivity index is 2.68. The van der Waals surface area contributed by atoms with Gasteiger partial charge in [0.25, 0.3) is 0 Å². The molecule has 0 amide bonds. The molecular formula is C13H20FO2PS2. The van der Waals surface area contributed by atoms with Crippen molar-refractivity contribution in [1.29, 1.82) is 0 Å². The van der Waals surface area contributed by atoms with Gasteiger partial charge in [0.2, 0.25) is 0 Å². The third-order valence-corrected chi connectivity index (χ3v) is 10.3. The molecule has 19 heavy (non-hydrogen) atoms. The largest absolute Gasteiger partial charge is 0.314 e. The normalized spacial score (nSPS) is 16.0. The molecule has 0 saturated carbocycles. The molecule has 0 saturated heterocycles. The summed E-state index contributed by atoms with van der Waals surface area (Å²) in [5, 5.41) is 0.269. The fraction of sp³-hybridized carbons (Fsp3) is 0.538. The average molecular weight is 322 g/mol. The van der Waals surface area contributed by atoms with Crippen molar-refractivity contribution in [3.63, 3.8) is 0 Å². The quantitative estimate of drug-likeness (QED) is 0.570. The molecule has 0 aliphatic carbocycles. The first-order chi connectivity index (χ1) is 9.00. The summed E-state index contributed by atoms with van der Waals surface area (Å²) in [4.78, 5) is 0. The lowest BCUT2D eigenvalue weighted by atomic mass is 10.2. The van der Waals surface area contributed by atoms with Gasteiger partial charge >= 0.3 is 5.77 Å². The minimum atomic E-state index is -2.81. The molecule has 1 aromatic rings. The zero-order valence-corrected chi connectivity index (χ0v) is 14.0. The number of hydrogen-bond acceptors (Lipinski definition) is 4. The smallest absolute Gasteiger partial charge is 0.313 e. The molecule has 0 radical (unpaired) electrons. The van der Waals surface area contributed by atoms with E-state index in [-0.39, 0.29) is 11.1 Å². The summed E-state index contributed by atoms with van der Waals surface area (Å²) in [6, 6.07) is 6.57. The summed E-state index contributed by atoms with van der Waals surface area (Å²) >= 11 is 2.59. The van der Waals surface area contributed by atoms with Gasteiger partial charge in [0.05, 0.1) is 6.61 Å². The maximum Gasteiger partial charge on any atom is 0.313 e. The molecular weight excluding hydrogens is 302 g/mol. The molecule has 0 aliphatic rings. The van der Waals surface area contributed by atoms with Crippen LogP contribution in [-0.2, 0) is 14.8 Å². The molecule has 108 valence electrons. The van der Waals surface area contributed by atoms with Gasteiger partial charge in [-0.05, 0) is 25.0 Å². The second-order valence-corrected chi connectivity index (χ2v) is 11.8. The van der Waals surface area contributed by atoms with E-state index in [1.165, 1.54) is 28.8 Å². The van der Waals surface area contributed by atoms with Crippen LogP contribution >= 0.6 is 28.5 Å². The van der Waals surface area contributed by atoms with Gasteiger partial charge in [-0.1, -0.05) is 54.8 Å². The number of hydrogen-bond donors (Lipinski definition) is 0. The lowest BCUT2D eigenvalue weighted by Gasteiger charge is -2.19. The van der Waals surface area contributed by atoms with Gasteiger partial charge < -0.3 is 4.52 Å². The summed E-state index contributed by atoms with van der Waals surface area (Å²) < 4.78 is 31.6. The lowest BCUT2D eigenvalue weighted by molar-refractivity contribution is 0.357. The van der Waals surface area contributed by atoms with Crippen LogP contribution in [-0.4, -0.2) is 11.9 Å². The molecule has 0 bridgehead atoms. The molecule has 2 atom stereocenters. The Labute approximate surface area is 122 Å². The SMILES string of the molecule is CCOP(=O)(SCc1ccccc1F)SC(C)CC. The van der Waals surface area contributed by atoms with Crippen molar-refractivity contribution in [2.24, 2.45) is 0 Å². The van der Waals surface area contributed by atoms with Crippen molar-refractivity contribution in [3.05, 3.63) is 35.6 Å². The topological polar surface area (TPSA) is 26.3 Å². The highest BCUT2D eigenvalue weighted by Gasteiger charge is 2.27. The zero-order valence-electron chi connectivity index (χ0n) is 11.5. The molecule has 0 fully saturated rings. The van der Waals surface area contributed by atoms with Crippen LogP contribution < -0.4 is 0 Å². The molecule has 1 rings (SSSR count). The van der Waals surface area contributed by atoms with E-state index in [1.807, 2.05) is 13.8 Å². The standard InChI is InChI=1S/C13H20FO2PS2/c1-4-11(3)19-17(15,16-5-2)18-10-12-8-6-7-9-13(12)14/h6-9,11H,4-5,10H2,1-3H3. The van der Waals surface area contributed by atoms with E-state index in [2.05, 4.69) is 6.92 Å². The van der Waals surface area contributed by atoms with Crippen LogP contribution in [0.4, 0.5) is 4.39 Å². The van der Waals surface area contributed by atoms with Gasteiger partial charge in [0.15, 0.2) is 0 Å². The number of rotatable bonds is 8. The molecule has 0 aromatic heterocycles. The third kappa shape index (κ3) is 5.90. The van der Waals surface area contributed by atoms with E-state index in [4.69, 9.17) is 4.52 Å². The highest BCUT2D eigenvalue weighted by atomic mass is 33.1. The van der Waals surface area contributed by atoms with Crippen molar-refractivity contribution in [2.45, 2.75) is 38.2 Å². The van der Waals surface area contributed by atoms with Crippen LogP contribution in [0.5, 0.6) is 0 Å². The van der Waals surface area contributed by atoms with Crippen LogP contribution in [0, 0.1) is 5.82 Å². The van der Waals surface area contributed by atoms with Crippen LogP contribution in [0.3, 0.4) is 0 Å². The number of halogens is 1. The Morgan fingerprint density at radius 2 is 2.05 bits per heavy atom. The van der Waals surface area contributed by atoms with Crippen molar-refractivity contribution >= 4 is 28.5 Å². The summed E-state index contributed by atoms with van der Waals surface area (Å²) in [6.45, 7) is 6.31. The van der Waals surface area contributed by atoms with Crippen molar-refractivity contribution in [3.8, 4) is 0 Å². The van der Waals surface area contributed by atoms with E-state index >= 15 is 0 Å². The second-order valence-electron chi connectivity index (χ2n) is 4.05. The van der Waals surface area contributed by atoms with Gasteiger partial charge in [-0.15, -0.1) is 0 Å². The first-order valence-corrected chi connectivity index (χ1v) is 11.0. The van der Waals surface area contributed by atoms with Gasteiger partial charge in [-0.25, -0.2) is 4.39 Å². The summed E-state index contributed by atoms with van der Waals surface area (Å²) in [7, 11) is 0. The monoisotopic (exact) mass is 322 g/mol. The molecule has 6 heteroatoms. The molecule has 0 N–H and O–H groups in total. The van der Waals surface area contributed by atoms with Gasteiger partial charge in [0, 0.05) is 11.0 Å². The van der Waals surface area contributed by atoms with Crippen LogP contribution in [0.2, 0.25) is 0 Å². The summed E-state index contributed by atoms with van der Waals surface area (Å²) in [5.74, 6) is -2.70. The second kappa shape index (κ2) is 8.35. The van der Waals surface area contributed by atoms with E-state index in [0.29, 0.717) is 17.9 Å². The van der Waals surface area contributed by atoms with Crippen molar-refractivity contribution < 1.29 is 13.5 Å². The third-order valence-electron chi connectivity index (χ3n) is 2.51. The molecule has 0 heterocycles. The minimum absolute atomic E-state index is 0.258. The maximum atomic E-state index is 13.5. The predicted molar refractivity (Wildman–Crippen MR) is 84.3 cm³/mol. The zero-order chi connectivity index (χ0) is 14.3. The summed E-state index contributed by atoms with van der Waals surface area (Å²) in [6.07, 6.45) is 0.933. The highest BCUT2D eigenvalue weighted by Crippen LogP contribution is 2.72. The Hall–Kier alpha value is 0.0400. The maximum absolute atomic E-state index is 13.5. The molecule has 0 spiro atoms. The Bertz CT molecular complexity index is 442. The fourth-order valence-electron chi connectivity index (χ4n) is 1.32. The van der Waals surface area contributed by atoms with Crippen LogP contribution in [0.15, 0.2) is 24.3 Å². The van der Waals surface area contributed by atoms with E-state index in [1.54, 1.807) is 18.2 Å². The molecule has 1 aromatic carbocycles. The lowest BCUT2D eigenvalue weighted by Crippen LogP contribution is -1.94. The van der Waals surface area contributed by atoms with Gasteiger partial charge in [-0.3, -0.25) is 4.57 Å². The van der Waals surface area contributed by atoms with Gasteiger partial charge in [0.1, 0.15) is 5.82 Å². The van der Waals surface area contributed by atoms with Crippen molar-refractivity contribution in [2.75, 3.05) is 6.61 Å². The average Bonchev–Trinajstić information content (AvgIpc) is 2.38. The van der Waals surface area contributed by atoms with E-state index < -0.39 is 5.77 Å². The van der Waals surface area contributed by atoms with Crippen LogP contribution in [0.25, 0.3) is 0 Å². The Morgan fingerprint density at radius 1 is 1.37 bits per heavy atom. The minimum Gasteiger partial charge on any atom is -0.314 e. The highest BCUT2D eigenvalue weighted by molar-refractivity contribution is 8.89. The molecule has 2 unspecified atom stereocenters. The number of benzene rings is 1. The summed E-state index contributed by atoms with van der Waals surface area (Å²) in [5.41, 5.74) is 0.567. The predicted octanol–water partition coefficient (Wildman–Crippen LogP) is 5.74. The van der Waals surface area contributed by atoms with E-state index in [0.717, 1.165) is 6.42 Å². The Morgan fingerprint density at radius 3 is 2.63 bits per heavy atom.